The van der Waals surface area contributed by atoms with E-state index in [-0.39, 0.29) is 5.91 Å². The highest BCUT2D eigenvalue weighted by atomic mass is 32.1. The summed E-state index contributed by atoms with van der Waals surface area (Å²) in [7, 11) is 0. The van der Waals surface area contributed by atoms with E-state index in [4.69, 9.17) is 18.0 Å². The van der Waals surface area contributed by atoms with Crippen LogP contribution in [0.2, 0.25) is 0 Å². The number of carbonyl (C=O) groups excluding carboxylic acids is 1. The van der Waals surface area contributed by atoms with E-state index >= 15 is 0 Å². The fraction of sp³-hybridized carbons (Fsp3) is 0.600. The van der Waals surface area contributed by atoms with Gasteiger partial charge in [0.15, 0.2) is 0 Å². The van der Waals surface area contributed by atoms with E-state index in [1.54, 1.807) is 11.3 Å². The Morgan fingerprint density at radius 3 is 2.80 bits per heavy atom. The van der Waals surface area contributed by atoms with Crippen LogP contribution in [0.4, 0.5) is 0 Å². The number of carbonyl (C=O) groups is 1. The number of nitrogens with one attached hydrogen (secondary N) is 1. The molecule has 1 aromatic rings. The van der Waals surface area contributed by atoms with Gasteiger partial charge in [-0.15, -0.1) is 11.3 Å². The first-order valence-corrected chi connectivity index (χ1v) is 8.43. The topological polar surface area (TPSA) is 55.1 Å². The summed E-state index contributed by atoms with van der Waals surface area (Å²) < 4.78 is 0. The second kappa shape index (κ2) is 6.22. The van der Waals surface area contributed by atoms with Gasteiger partial charge in [0.05, 0.1) is 15.4 Å². The van der Waals surface area contributed by atoms with Gasteiger partial charge in [0.1, 0.15) is 0 Å². The Morgan fingerprint density at radius 2 is 2.15 bits per heavy atom. The molecule has 110 valence electrons. The van der Waals surface area contributed by atoms with E-state index in [0.29, 0.717) is 11.4 Å². The highest BCUT2D eigenvalue weighted by molar-refractivity contribution is 7.80. The first kappa shape index (κ1) is 15.4. The number of hydrogen-bond donors (Lipinski definition) is 2. The van der Waals surface area contributed by atoms with Crippen LogP contribution in [0.3, 0.4) is 0 Å². The molecular weight excluding hydrogens is 288 g/mol. The van der Waals surface area contributed by atoms with Crippen LogP contribution in [0.5, 0.6) is 0 Å². The molecule has 1 unspecified atom stereocenters. The summed E-state index contributed by atoms with van der Waals surface area (Å²) >= 11 is 6.69. The third-order valence-corrected chi connectivity index (χ3v) is 5.80. The quantitative estimate of drug-likeness (QED) is 0.663. The van der Waals surface area contributed by atoms with Crippen molar-refractivity contribution < 1.29 is 4.79 Å². The number of thiophene rings is 1. The number of aryl methyl sites for hydroxylation is 2. The summed E-state index contributed by atoms with van der Waals surface area (Å²) in [5.41, 5.74) is 6.50. The number of fused-ring (bicyclic) bond motifs is 1. The number of hydrogen-bond acceptors (Lipinski definition) is 3. The first-order valence-electron chi connectivity index (χ1n) is 7.20. The summed E-state index contributed by atoms with van der Waals surface area (Å²) in [6.07, 6.45) is 6.64. The average Bonchev–Trinajstić information content (AvgIpc) is 2.70. The Hall–Kier alpha value is -0.940. The predicted molar refractivity (Wildman–Crippen MR) is 88.5 cm³/mol. The van der Waals surface area contributed by atoms with Gasteiger partial charge in [-0.05, 0) is 50.7 Å². The molecule has 0 bridgehead atoms. The largest absolute Gasteiger partial charge is 0.391 e. The van der Waals surface area contributed by atoms with Gasteiger partial charge in [-0.1, -0.05) is 25.6 Å². The Morgan fingerprint density at radius 1 is 1.45 bits per heavy atom. The Labute approximate surface area is 129 Å². The fourth-order valence-corrected chi connectivity index (χ4v) is 3.76. The van der Waals surface area contributed by atoms with E-state index in [0.717, 1.165) is 17.7 Å². The molecule has 0 aromatic carbocycles. The molecule has 0 fully saturated rings. The Bertz CT molecular complexity index is 500. The summed E-state index contributed by atoms with van der Waals surface area (Å²) in [4.78, 5) is 14.9. The summed E-state index contributed by atoms with van der Waals surface area (Å²) in [6.45, 7) is 3.86. The number of rotatable bonds is 4. The van der Waals surface area contributed by atoms with Gasteiger partial charge in [0, 0.05) is 4.88 Å². The van der Waals surface area contributed by atoms with Crippen molar-refractivity contribution in [1.82, 2.24) is 5.32 Å². The molecular formula is C15H22N2OS2. The minimum Gasteiger partial charge on any atom is -0.391 e. The molecule has 3 N–H and O–H groups in total. The molecule has 1 aliphatic carbocycles. The van der Waals surface area contributed by atoms with E-state index < -0.39 is 5.54 Å². The van der Waals surface area contributed by atoms with Crippen LogP contribution < -0.4 is 11.1 Å². The molecule has 0 saturated heterocycles. The third kappa shape index (κ3) is 3.20. The maximum Gasteiger partial charge on any atom is 0.262 e. The molecule has 5 heteroatoms. The standard InChI is InChI=1S/C15H22N2OS2/c1-3-15(2,14(16)19)17-13(18)12-9-10-7-5-4-6-8-11(10)20-12/h9H,3-8H2,1-2H3,(H2,16,19)(H,17,18). The van der Waals surface area contributed by atoms with E-state index in [9.17, 15) is 4.79 Å². The molecule has 20 heavy (non-hydrogen) atoms. The van der Waals surface area contributed by atoms with Crippen LogP contribution in [0.1, 0.15) is 59.6 Å². The molecule has 1 atom stereocenters. The van der Waals surface area contributed by atoms with Crippen molar-refractivity contribution in [2.24, 2.45) is 5.73 Å². The molecule has 3 nitrogen and oxygen atoms in total. The second-order valence-corrected chi connectivity index (χ2v) is 7.20. The fourth-order valence-electron chi connectivity index (χ4n) is 2.42. The molecule has 2 rings (SSSR count). The summed E-state index contributed by atoms with van der Waals surface area (Å²) in [5.74, 6) is -0.0553. The van der Waals surface area contributed by atoms with Gasteiger partial charge in [-0.3, -0.25) is 4.79 Å². The predicted octanol–water partition coefficient (Wildman–Crippen LogP) is 3.20. The lowest BCUT2D eigenvalue weighted by Gasteiger charge is -2.28. The zero-order valence-electron chi connectivity index (χ0n) is 12.1. The van der Waals surface area contributed by atoms with Crippen LogP contribution in [-0.4, -0.2) is 16.4 Å². The SMILES string of the molecule is CCC(C)(NC(=O)c1cc2c(s1)CCCCC2)C(N)=S. The van der Waals surface area contributed by atoms with Crippen molar-refractivity contribution in [2.45, 2.75) is 57.9 Å². The molecule has 1 heterocycles. The molecule has 0 aliphatic heterocycles. The third-order valence-electron chi connectivity index (χ3n) is 4.11. The maximum atomic E-state index is 12.4. The Kier molecular flexibility index (Phi) is 4.81. The molecule has 0 saturated carbocycles. The minimum atomic E-state index is -0.603. The van der Waals surface area contributed by atoms with Crippen molar-refractivity contribution in [3.63, 3.8) is 0 Å². The van der Waals surface area contributed by atoms with Crippen LogP contribution >= 0.6 is 23.6 Å². The normalized spacial score (nSPS) is 17.7. The zero-order valence-corrected chi connectivity index (χ0v) is 13.8. The van der Waals surface area contributed by atoms with Gasteiger partial charge in [-0.2, -0.15) is 0 Å². The highest BCUT2D eigenvalue weighted by Crippen LogP contribution is 2.29. The van der Waals surface area contributed by atoms with Gasteiger partial charge < -0.3 is 11.1 Å². The van der Waals surface area contributed by atoms with Crippen molar-refractivity contribution in [1.29, 1.82) is 0 Å². The van der Waals surface area contributed by atoms with Crippen LogP contribution in [-0.2, 0) is 12.8 Å². The zero-order chi connectivity index (χ0) is 14.8. The maximum absolute atomic E-state index is 12.4. The van der Waals surface area contributed by atoms with Crippen molar-refractivity contribution in [3.05, 3.63) is 21.4 Å². The summed E-state index contributed by atoms with van der Waals surface area (Å²) in [6, 6.07) is 2.05. The van der Waals surface area contributed by atoms with E-state index in [1.165, 1.54) is 29.7 Å². The monoisotopic (exact) mass is 310 g/mol. The molecule has 1 aliphatic rings. The lowest BCUT2D eigenvalue weighted by atomic mass is 9.99. The minimum absolute atomic E-state index is 0.0553. The Balaban J connectivity index is 2.16. The molecule has 1 amide bonds. The van der Waals surface area contributed by atoms with Crippen molar-refractivity contribution >= 4 is 34.5 Å². The lowest BCUT2D eigenvalue weighted by molar-refractivity contribution is 0.0930. The number of nitrogens with two attached hydrogens (primary N) is 1. The van der Waals surface area contributed by atoms with Crippen molar-refractivity contribution in [3.8, 4) is 0 Å². The molecule has 1 aromatic heterocycles. The number of amides is 1. The smallest absolute Gasteiger partial charge is 0.262 e. The van der Waals surface area contributed by atoms with Gasteiger partial charge in [0.25, 0.3) is 5.91 Å². The van der Waals surface area contributed by atoms with Crippen LogP contribution in [0, 0.1) is 0 Å². The molecule has 0 spiro atoms. The van der Waals surface area contributed by atoms with Gasteiger partial charge in [-0.25, -0.2) is 0 Å². The summed E-state index contributed by atoms with van der Waals surface area (Å²) in [5, 5.41) is 2.99. The highest BCUT2D eigenvalue weighted by Gasteiger charge is 2.29. The second-order valence-electron chi connectivity index (χ2n) is 5.62. The average molecular weight is 310 g/mol. The number of thiocarbonyl (C=S) groups is 1. The molecule has 0 radical (unpaired) electrons. The van der Waals surface area contributed by atoms with Gasteiger partial charge in [0.2, 0.25) is 0 Å². The van der Waals surface area contributed by atoms with E-state index in [2.05, 4.69) is 11.4 Å². The van der Waals surface area contributed by atoms with Gasteiger partial charge >= 0.3 is 0 Å². The van der Waals surface area contributed by atoms with E-state index in [1.807, 2.05) is 13.8 Å². The van der Waals surface area contributed by atoms with Crippen LogP contribution in [0.15, 0.2) is 6.07 Å². The first-order chi connectivity index (χ1) is 9.46. The van der Waals surface area contributed by atoms with Crippen LogP contribution in [0.25, 0.3) is 0 Å². The lowest BCUT2D eigenvalue weighted by Crippen LogP contribution is -2.53. The van der Waals surface area contributed by atoms with Crippen molar-refractivity contribution in [2.75, 3.05) is 0 Å².